The summed E-state index contributed by atoms with van der Waals surface area (Å²) >= 11 is 0. The van der Waals surface area contributed by atoms with Crippen LogP contribution < -0.4 is 10.6 Å². The van der Waals surface area contributed by atoms with Crippen molar-refractivity contribution in [3.63, 3.8) is 0 Å². The minimum absolute atomic E-state index is 0.0489. The largest absolute Gasteiger partial charge is 0.369 e. The van der Waals surface area contributed by atoms with Gasteiger partial charge >= 0.3 is 0 Å². The number of halogens is 2. The van der Waals surface area contributed by atoms with Crippen molar-refractivity contribution in [2.45, 2.75) is 26.2 Å². The van der Waals surface area contributed by atoms with Crippen LogP contribution in [0.3, 0.4) is 0 Å². The van der Waals surface area contributed by atoms with Gasteiger partial charge in [0.15, 0.2) is 5.69 Å². The predicted molar refractivity (Wildman–Crippen MR) is 84.4 cm³/mol. The Morgan fingerprint density at radius 3 is 2.61 bits per heavy atom. The standard InChI is InChI=1S/C16H18F2N4O/c1-2-3-4-9-19-15-8-7-14(21-22-15)16(23)20-13-6-5-11(17)10-12(13)18/h5-8,10H,2-4,9H2,1H3,(H,19,22)(H,20,23). The molecule has 2 N–H and O–H groups in total. The molecular formula is C16H18F2N4O. The first-order chi connectivity index (χ1) is 11.1. The first-order valence-corrected chi connectivity index (χ1v) is 7.44. The summed E-state index contributed by atoms with van der Waals surface area (Å²) in [6.07, 6.45) is 3.29. The van der Waals surface area contributed by atoms with Crippen molar-refractivity contribution in [1.82, 2.24) is 10.2 Å². The highest BCUT2D eigenvalue weighted by Crippen LogP contribution is 2.15. The van der Waals surface area contributed by atoms with Gasteiger partial charge in [0, 0.05) is 12.6 Å². The molecule has 1 aromatic carbocycles. The Morgan fingerprint density at radius 2 is 1.96 bits per heavy atom. The summed E-state index contributed by atoms with van der Waals surface area (Å²) in [7, 11) is 0. The van der Waals surface area contributed by atoms with Gasteiger partial charge in [0.2, 0.25) is 0 Å². The average molecular weight is 320 g/mol. The Morgan fingerprint density at radius 1 is 1.13 bits per heavy atom. The van der Waals surface area contributed by atoms with E-state index in [9.17, 15) is 13.6 Å². The zero-order valence-electron chi connectivity index (χ0n) is 12.8. The third-order valence-corrected chi connectivity index (χ3v) is 3.16. The van der Waals surface area contributed by atoms with Crippen LogP contribution in [0.25, 0.3) is 0 Å². The van der Waals surface area contributed by atoms with Gasteiger partial charge in [-0.25, -0.2) is 8.78 Å². The van der Waals surface area contributed by atoms with E-state index in [1.807, 2.05) is 0 Å². The minimum Gasteiger partial charge on any atom is -0.369 e. The molecule has 0 saturated heterocycles. The van der Waals surface area contributed by atoms with Crippen LogP contribution in [0.5, 0.6) is 0 Å². The number of hydrogen-bond acceptors (Lipinski definition) is 4. The number of amides is 1. The maximum atomic E-state index is 13.5. The van der Waals surface area contributed by atoms with E-state index in [-0.39, 0.29) is 11.4 Å². The minimum atomic E-state index is -0.847. The van der Waals surface area contributed by atoms with Gasteiger partial charge < -0.3 is 10.6 Å². The number of hydrogen-bond donors (Lipinski definition) is 2. The number of carbonyl (C=O) groups is 1. The summed E-state index contributed by atoms with van der Waals surface area (Å²) in [5, 5.41) is 13.1. The Bertz CT molecular complexity index is 662. The Labute approximate surface area is 133 Å². The first-order valence-electron chi connectivity index (χ1n) is 7.44. The molecule has 0 aliphatic rings. The quantitative estimate of drug-likeness (QED) is 0.765. The molecule has 122 valence electrons. The van der Waals surface area contributed by atoms with E-state index in [1.54, 1.807) is 6.07 Å². The second-order valence-corrected chi connectivity index (χ2v) is 5.02. The van der Waals surface area contributed by atoms with Crippen molar-refractivity contribution < 1.29 is 13.6 Å². The number of benzene rings is 1. The highest BCUT2D eigenvalue weighted by molar-refractivity contribution is 6.02. The van der Waals surface area contributed by atoms with Crippen molar-refractivity contribution in [2.24, 2.45) is 0 Å². The van der Waals surface area contributed by atoms with Crippen molar-refractivity contribution in [3.05, 3.63) is 47.7 Å². The maximum Gasteiger partial charge on any atom is 0.276 e. The molecule has 0 bridgehead atoms. The monoisotopic (exact) mass is 320 g/mol. The number of carbonyl (C=O) groups excluding carboxylic acids is 1. The number of anilines is 2. The Hall–Kier alpha value is -2.57. The van der Waals surface area contributed by atoms with Crippen LogP contribution in [0.4, 0.5) is 20.3 Å². The molecule has 0 fully saturated rings. The SMILES string of the molecule is CCCCCNc1ccc(C(=O)Nc2ccc(F)cc2F)nn1. The van der Waals surface area contributed by atoms with E-state index in [2.05, 4.69) is 27.8 Å². The van der Waals surface area contributed by atoms with Crippen molar-refractivity contribution in [3.8, 4) is 0 Å². The molecule has 0 aliphatic carbocycles. The van der Waals surface area contributed by atoms with E-state index >= 15 is 0 Å². The Kier molecular flexibility index (Phi) is 5.96. The predicted octanol–water partition coefficient (Wildman–Crippen LogP) is 3.61. The molecule has 1 amide bonds. The number of aromatic nitrogens is 2. The van der Waals surface area contributed by atoms with Gasteiger partial charge in [-0.1, -0.05) is 19.8 Å². The zero-order valence-corrected chi connectivity index (χ0v) is 12.8. The summed E-state index contributed by atoms with van der Waals surface area (Å²) in [4.78, 5) is 12.0. The lowest BCUT2D eigenvalue weighted by Gasteiger charge is -2.07. The van der Waals surface area contributed by atoms with Gasteiger partial charge in [0.05, 0.1) is 5.69 Å². The smallest absolute Gasteiger partial charge is 0.276 e. The van der Waals surface area contributed by atoms with Gasteiger partial charge in [-0.2, -0.15) is 0 Å². The molecule has 2 rings (SSSR count). The number of unbranched alkanes of at least 4 members (excludes halogenated alkanes) is 2. The summed E-state index contributed by atoms with van der Waals surface area (Å²) in [5.74, 6) is -1.59. The van der Waals surface area contributed by atoms with Crippen molar-refractivity contribution in [2.75, 3.05) is 17.2 Å². The molecule has 0 spiro atoms. The fraction of sp³-hybridized carbons (Fsp3) is 0.312. The van der Waals surface area contributed by atoms with E-state index in [1.165, 1.54) is 6.07 Å². The van der Waals surface area contributed by atoms with Crippen molar-refractivity contribution in [1.29, 1.82) is 0 Å². The molecule has 1 aromatic heterocycles. The van der Waals surface area contributed by atoms with Gasteiger partial charge in [-0.05, 0) is 30.7 Å². The summed E-state index contributed by atoms with van der Waals surface area (Å²) in [6.45, 7) is 2.91. The van der Waals surface area contributed by atoms with Crippen LogP contribution in [0.2, 0.25) is 0 Å². The highest BCUT2D eigenvalue weighted by atomic mass is 19.1. The average Bonchev–Trinajstić information content (AvgIpc) is 2.55. The lowest BCUT2D eigenvalue weighted by molar-refractivity contribution is 0.102. The number of rotatable bonds is 7. The second-order valence-electron chi connectivity index (χ2n) is 5.02. The second kappa shape index (κ2) is 8.17. The molecule has 0 radical (unpaired) electrons. The fourth-order valence-electron chi connectivity index (χ4n) is 1.92. The van der Waals surface area contributed by atoms with Crippen LogP contribution in [0.15, 0.2) is 30.3 Å². The van der Waals surface area contributed by atoms with Crippen LogP contribution in [-0.2, 0) is 0 Å². The molecule has 2 aromatic rings. The normalized spacial score (nSPS) is 10.4. The third-order valence-electron chi connectivity index (χ3n) is 3.16. The van der Waals surface area contributed by atoms with E-state index in [0.717, 1.165) is 37.9 Å². The van der Waals surface area contributed by atoms with Gasteiger partial charge in [-0.15, -0.1) is 10.2 Å². The maximum absolute atomic E-state index is 13.5. The summed E-state index contributed by atoms with van der Waals surface area (Å²) in [6, 6.07) is 6.04. The zero-order chi connectivity index (χ0) is 16.7. The van der Waals surface area contributed by atoms with Gasteiger partial charge in [-0.3, -0.25) is 4.79 Å². The van der Waals surface area contributed by atoms with Crippen LogP contribution in [0.1, 0.15) is 36.7 Å². The number of nitrogens with zero attached hydrogens (tertiary/aromatic N) is 2. The summed E-state index contributed by atoms with van der Waals surface area (Å²) in [5.41, 5.74) is -0.0622. The van der Waals surface area contributed by atoms with E-state index in [4.69, 9.17) is 0 Å². The van der Waals surface area contributed by atoms with Gasteiger partial charge in [0.25, 0.3) is 5.91 Å². The molecule has 5 nitrogen and oxygen atoms in total. The molecule has 0 atom stereocenters. The summed E-state index contributed by atoms with van der Waals surface area (Å²) < 4.78 is 26.3. The third kappa shape index (κ3) is 4.98. The van der Waals surface area contributed by atoms with E-state index in [0.29, 0.717) is 11.9 Å². The molecule has 7 heteroatoms. The van der Waals surface area contributed by atoms with Crippen LogP contribution in [0, 0.1) is 11.6 Å². The van der Waals surface area contributed by atoms with Crippen LogP contribution >= 0.6 is 0 Å². The highest BCUT2D eigenvalue weighted by Gasteiger charge is 2.12. The first kappa shape index (κ1) is 16.8. The Balaban J connectivity index is 1.94. The lowest BCUT2D eigenvalue weighted by Crippen LogP contribution is -2.16. The molecule has 1 heterocycles. The number of nitrogens with one attached hydrogen (secondary N) is 2. The molecular weight excluding hydrogens is 302 g/mol. The van der Waals surface area contributed by atoms with Crippen LogP contribution in [-0.4, -0.2) is 22.6 Å². The van der Waals surface area contributed by atoms with E-state index < -0.39 is 17.5 Å². The lowest BCUT2D eigenvalue weighted by atomic mass is 10.2. The van der Waals surface area contributed by atoms with Crippen molar-refractivity contribution >= 4 is 17.4 Å². The molecule has 0 unspecified atom stereocenters. The molecule has 0 aliphatic heterocycles. The molecule has 23 heavy (non-hydrogen) atoms. The fourth-order valence-corrected chi connectivity index (χ4v) is 1.92. The molecule has 0 saturated carbocycles. The topological polar surface area (TPSA) is 66.9 Å². The van der Waals surface area contributed by atoms with Gasteiger partial charge in [0.1, 0.15) is 17.5 Å².